The van der Waals surface area contributed by atoms with E-state index in [0.29, 0.717) is 0 Å². The molecule has 1 aromatic carbocycles. The number of rotatable bonds is 2. The van der Waals surface area contributed by atoms with Gasteiger partial charge in [0.15, 0.2) is 0 Å². The first-order valence-corrected chi connectivity index (χ1v) is 5.45. The maximum Gasteiger partial charge on any atom is 0.101 e. The fourth-order valence-corrected chi connectivity index (χ4v) is 1.90. The summed E-state index contributed by atoms with van der Waals surface area (Å²) >= 11 is 0. The Kier molecular flexibility index (Phi) is 2.84. The van der Waals surface area contributed by atoms with Gasteiger partial charge in [-0.3, -0.25) is 0 Å². The van der Waals surface area contributed by atoms with Gasteiger partial charge in [0.25, 0.3) is 0 Å². The quantitative estimate of drug-likeness (QED) is 0.835. The smallest absolute Gasteiger partial charge is 0.101 e. The van der Waals surface area contributed by atoms with E-state index in [9.17, 15) is 0 Å². The normalized spacial score (nSPS) is 12.8. The zero-order valence-corrected chi connectivity index (χ0v) is 9.95. The van der Waals surface area contributed by atoms with Gasteiger partial charge in [-0.25, -0.2) is 0 Å². The molecule has 1 aromatic heterocycles. The summed E-state index contributed by atoms with van der Waals surface area (Å²) in [4.78, 5) is 0. The molecular weight excluding hydrogens is 198 g/mol. The Morgan fingerprint density at radius 2 is 1.88 bits per heavy atom. The van der Waals surface area contributed by atoms with E-state index >= 15 is 0 Å². The third-order valence-corrected chi connectivity index (χ3v) is 2.88. The molecule has 2 heteroatoms. The van der Waals surface area contributed by atoms with Crippen LogP contribution >= 0.6 is 0 Å². The second-order valence-corrected chi connectivity index (χ2v) is 4.33. The minimum Gasteiger partial charge on any atom is -0.469 e. The van der Waals surface area contributed by atoms with Crippen LogP contribution in [0.15, 0.2) is 34.9 Å². The zero-order valence-electron chi connectivity index (χ0n) is 9.95. The molecule has 2 N–H and O–H groups in total. The molecule has 1 heterocycles. The largest absolute Gasteiger partial charge is 0.469 e. The summed E-state index contributed by atoms with van der Waals surface area (Å²) in [6.07, 6.45) is 1.74. The molecule has 2 aromatic rings. The molecule has 84 valence electrons. The Hall–Kier alpha value is -1.54. The van der Waals surface area contributed by atoms with Gasteiger partial charge in [0.2, 0.25) is 0 Å². The Labute approximate surface area is 96.1 Å². The predicted molar refractivity (Wildman–Crippen MR) is 65.4 cm³/mol. The molecule has 0 radical (unpaired) electrons. The third kappa shape index (κ3) is 2.02. The maximum absolute atomic E-state index is 6.24. The van der Waals surface area contributed by atoms with E-state index in [1.165, 1.54) is 16.7 Å². The van der Waals surface area contributed by atoms with Crippen LogP contribution in [0, 0.1) is 20.8 Å². The van der Waals surface area contributed by atoms with E-state index < -0.39 is 0 Å². The van der Waals surface area contributed by atoms with Crippen LogP contribution in [0.5, 0.6) is 0 Å². The Morgan fingerprint density at radius 1 is 1.12 bits per heavy atom. The molecule has 1 atom stereocenters. The van der Waals surface area contributed by atoms with Gasteiger partial charge in [0, 0.05) is 5.56 Å². The fraction of sp³-hybridized carbons (Fsp3) is 0.286. The minimum absolute atomic E-state index is 0.0997. The van der Waals surface area contributed by atoms with Crippen molar-refractivity contribution in [3.8, 4) is 0 Å². The molecule has 0 saturated carbocycles. The lowest BCUT2D eigenvalue weighted by Crippen LogP contribution is -2.12. The molecule has 0 aliphatic heterocycles. The van der Waals surface area contributed by atoms with E-state index in [-0.39, 0.29) is 6.04 Å². The molecule has 0 aliphatic rings. The van der Waals surface area contributed by atoms with Crippen LogP contribution in [-0.2, 0) is 0 Å². The summed E-state index contributed by atoms with van der Waals surface area (Å²) in [6.45, 7) is 6.09. The van der Waals surface area contributed by atoms with E-state index in [0.717, 1.165) is 11.3 Å². The van der Waals surface area contributed by atoms with Gasteiger partial charge in [-0.2, -0.15) is 0 Å². The number of hydrogen-bond acceptors (Lipinski definition) is 2. The van der Waals surface area contributed by atoms with Gasteiger partial charge in [-0.15, -0.1) is 0 Å². The van der Waals surface area contributed by atoms with Crippen molar-refractivity contribution in [2.24, 2.45) is 5.73 Å². The van der Waals surface area contributed by atoms with Crippen LogP contribution in [0.2, 0.25) is 0 Å². The molecule has 0 aliphatic carbocycles. The number of aryl methyl sites for hydroxylation is 3. The van der Waals surface area contributed by atoms with Crippen molar-refractivity contribution < 1.29 is 4.42 Å². The highest BCUT2D eigenvalue weighted by molar-refractivity contribution is 5.38. The van der Waals surface area contributed by atoms with Gasteiger partial charge < -0.3 is 10.2 Å². The van der Waals surface area contributed by atoms with Crippen LogP contribution in [0.1, 0.15) is 34.1 Å². The van der Waals surface area contributed by atoms with E-state index in [1.807, 2.05) is 13.0 Å². The first kappa shape index (κ1) is 11.0. The topological polar surface area (TPSA) is 39.2 Å². The Balaban J connectivity index is 2.40. The number of furan rings is 1. The number of nitrogens with two attached hydrogens (primary N) is 1. The van der Waals surface area contributed by atoms with Crippen LogP contribution in [0.25, 0.3) is 0 Å². The Morgan fingerprint density at radius 3 is 2.50 bits per heavy atom. The van der Waals surface area contributed by atoms with Gasteiger partial charge >= 0.3 is 0 Å². The lowest BCUT2D eigenvalue weighted by Gasteiger charge is -2.13. The van der Waals surface area contributed by atoms with Crippen molar-refractivity contribution in [2.45, 2.75) is 26.8 Å². The number of benzene rings is 1. The highest BCUT2D eigenvalue weighted by Gasteiger charge is 2.13. The van der Waals surface area contributed by atoms with Crippen molar-refractivity contribution in [3.05, 3.63) is 58.5 Å². The summed E-state index contributed by atoms with van der Waals surface area (Å²) in [5.41, 5.74) is 10.9. The first-order chi connectivity index (χ1) is 7.58. The van der Waals surface area contributed by atoms with Crippen molar-refractivity contribution in [1.82, 2.24) is 0 Å². The van der Waals surface area contributed by atoms with Crippen LogP contribution in [0.3, 0.4) is 0 Å². The van der Waals surface area contributed by atoms with Gasteiger partial charge in [-0.05, 0) is 38.0 Å². The summed E-state index contributed by atoms with van der Waals surface area (Å²) in [7, 11) is 0. The summed E-state index contributed by atoms with van der Waals surface area (Å²) in [6, 6.07) is 8.25. The number of hydrogen-bond donors (Lipinski definition) is 1. The molecular formula is C14H17NO. The zero-order chi connectivity index (χ0) is 11.7. The molecule has 2 rings (SSSR count). The second kappa shape index (κ2) is 4.14. The average Bonchev–Trinajstić information content (AvgIpc) is 2.67. The summed E-state index contributed by atoms with van der Waals surface area (Å²) in [5, 5.41) is 0. The standard InChI is InChI=1S/C14H17NO/c1-9-4-5-10(2)13(6-9)14(15)12-7-11(3)16-8-12/h4-8,14H,15H2,1-3H3. The highest BCUT2D eigenvalue weighted by atomic mass is 16.3. The second-order valence-electron chi connectivity index (χ2n) is 4.33. The monoisotopic (exact) mass is 215 g/mol. The SMILES string of the molecule is Cc1ccc(C)c(C(N)c2coc(C)c2)c1. The van der Waals surface area contributed by atoms with E-state index in [1.54, 1.807) is 6.26 Å². The van der Waals surface area contributed by atoms with Gasteiger partial charge in [-0.1, -0.05) is 23.8 Å². The van der Waals surface area contributed by atoms with Gasteiger partial charge in [0.05, 0.1) is 12.3 Å². The van der Waals surface area contributed by atoms with Gasteiger partial charge in [0.1, 0.15) is 5.76 Å². The molecule has 0 spiro atoms. The van der Waals surface area contributed by atoms with Crippen LogP contribution in [-0.4, -0.2) is 0 Å². The van der Waals surface area contributed by atoms with E-state index in [4.69, 9.17) is 10.2 Å². The van der Waals surface area contributed by atoms with Crippen molar-refractivity contribution in [2.75, 3.05) is 0 Å². The first-order valence-electron chi connectivity index (χ1n) is 5.45. The van der Waals surface area contributed by atoms with Crippen LogP contribution in [0.4, 0.5) is 0 Å². The lowest BCUT2D eigenvalue weighted by atomic mass is 9.96. The minimum atomic E-state index is -0.0997. The van der Waals surface area contributed by atoms with Crippen molar-refractivity contribution >= 4 is 0 Å². The van der Waals surface area contributed by atoms with Crippen molar-refractivity contribution in [3.63, 3.8) is 0 Å². The highest BCUT2D eigenvalue weighted by Crippen LogP contribution is 2.24. The molecule has 0 amide bonds. The average molecular weight is 215 g/mol. The summed E-state index contributed by atoms with van der Waals surface area (Å²) in [5.74, 6) is 0.899. The lowest BCUT2D eigenvalue weighted by molar-refractivity contribution is 0.530. The fourth-order valence-electron chi connectivity index (χ4n) is 1.90. The molecule has 1 unspecified atom stereocenters. The van der Waals surface area contributed by atoms with Crippen molar-refractivity contribution in [1.29, 1.82) is 0 Å². The molecule has 0 saturated heterocycles. The molecule has 16 heavy (non-hydrogen) atoms. The van der Waals surface area contributed by atoms with Crippen LogP contribution < -0.4 is 5.73 Å². The molecule has 0 fully saturated rings. The van der Waals surface area contributed by atoms with E-state index in [2.05, 4.69) is 32.0 Å². The molecule has 2 nitrogen and oxygen atoms in total. The maximum atomic E-state index is 6.24. The molecule has 0 bridgehead atoms. The Bertz CT molecular complexity index is 499. The summed E-state index contributed by atoms with van der Waals surface area (Å²) < 4.78 is 5.30. The predicted octanol–water partition coefficient (Wildman–Crippen LogP) is 3.25. The third-order valence-electron chi connectivity index (χ3n) is 2.88.